The van der Waals surface area contributed by atoms with Gasteiger partial charge in [0.05, 0.1) is 5.35 Å². The van der Waals surface area contributed by atoms with Crippen molar-refractivity contribution in [3.63, 3.8) is 0 Å². The molecule has 2 heteroatoms. The summed E-state index contributed by atoms with van der Waals surface area (Å²) in [5.41, 5.74) is 6.43. The quantitative estimate of drug-likeness (QED) is 0.591. The number of nitrogens with two attached hydrogens (primary N) is 1. The molecule has 2 nitrogen and oxygen atoms in total. The molecular weight excluding hydrogens is 148 g/mol. The van der Waals surface area contributed by atoms with Crippen LogP contribution in [0.4, 0.5) is 0 Å². The summed E-state index contributed by atoms with van der Waals surface area (Å²) in [4.78, 5) is 3.06. The molecule has 1 aromatic rings. The van der Waals surface area contributed by atoms with E-state index < -0.39 is 0 Å². The van der Waals surface area contributed by atoms with Crippen LogP contribution in [0.5, 0.6) is 0 Å². The van der Waals surface area contributed by atoms with Crippen molar-refractivity contribution >= 4 is 11.8 Å². The Bertz CT molecular complexity index is 316. The van der Waals surface area contributed by atoms with Gasteiger partial charge in [-0.2, -0.15) is 0 Å². The molecule has 1 aromatic heterocycles. The number of hydrogen-bond acceptors (Lipinski definition) is 1. The number of aromatic nitrogens is 1. The van der Waals surface area contributed by atoms with E-state index in [0.29, 0.717) is 0 Å². The van der Waals surface area contributed by atoms with Crippen molar-refractivity contribution < 1.29 is 0 Å². The molecule has 0 aliphatic carbocycles. The Morgan fingerprint density at radius 1 is 1.50 bits per heavy atom. The number of rotatable bonds is 0. The number of nitrogens with one attached hydrogen (secondary N) is 1. The van der Waals surface area contributed by atoms with Crippen LogP contribution >= 0.6 is 0 Å². The van der Waals surface area contributed by atoms with Crippen molar-refractivity contribution in [1.82, 2.24) is 4.98 Å². The largest absolute Gasteiger partial charge is 0.401 e. The fraction of sp³-hybridized carbons (Fsp3) is 0.400. The van der Waals surface area contributed by atoms with Crippen LogP contribution in [0, 0.1) is 0 Å². The average molecular weight is 166 g/mol. The van der Waals surface area contributed by atoms with Crippen LogP contribution in [0.1, 0.15) is 27.7 Å². The SMILES string of the molecule is C/C=c1/cc[nH]/c1=C(/C)N.CC. The maximum absolute atomic E-state index is 5.60. The summed E-state index contributed by atoms with van der Waals surface area (Å²) in [6.07, 6.45) is 3.92. The first-order chi connectivity index (χ1) is 5.75. The maximum Gasteiger partial charge on any atom is 0.0638 e. The van der Waals surface area contributed by atoms with Crippen molar-refractivity contribution in [2.45, 2.75) is 27.7 Å². The lowest BCUT2D eigenvalue weighted by molar-refractivity contribution is 1.26. The van der Waals surface area contributed by atoms with Crippen LogP contribution in [-0.4, -0.2) is 4.98 Å². The molecule has 0 amide bonds. The molecule has 0 fully saturated rings. The summed E-state index contributed by atoms with van der Waals surface area (Å²) in [5, 5.41) is 2.20. The van der Waals surface area contributed by atoms with Gasteiger partial charge >= 0.3 is 0 Å². The standard InChI is InChI=1S/C8H12N2.C2H6/c1-3-7-4-5-10-8(7)6(2)9;1-2/h3-5,10H,9H2,1-2H3;1-2H3/b7-3-,8-6-;. The molecule has 0 saturated carbocycles. The van der Waals surface area contributed by atoms with Crippen molar-refractivity contribution in [3.8, 4) is 0 Å². The van der Waals surface area contributed by atoms with Crippen molar-refractivity contribution in [1.29, 1.82) is 0 Å². The van der Waals surface area contributed by atoms with Gasteiger partial charge in [-0.25, -0.2) is 0 Å². The predicted molar refractivity (Wildman–Crippen MR) is 54.8 cm³/mol. The second-order valence-corrected chi connectivity index (χ2v) is 2.28. The van der Waals surface area contributed by atoms with Crippen molar-refractivity contribution in [2.75, 3.05) is 0 Å². The van der Waals surface area contributed by atoms with Gasteiger partial charge in [0.1, 0.15) is 0 Å². The minimum atomic E-state index is 0.832. The van der Waals surface area contributed by atoms with Gasteiger partial charge in [-0.1, -0.05) is 19.9 Å². The Kier molecular flexibility index (Phi) is 4.93. The zero-order valence-electron chi connectivity index (χ0n) is 8.31. The highest BCUT2D eigenvalue weighted by atomic mass is 14.7. The van der Waals surface area contributed by atoms with E-state index in [9.17, 15) is 0 Å². The zero-order chi connectivity index (χ0) is 9.56. The second-order valence-electron chi connectivity index (χ2n) is 2.28. The molecule has 0 radical (unpaired) electrons. The summed E-state index contributed by atoms with van der Waals surface area (Å²) in [6, 6.07) is 2.01. The van der Waals surface area contributed by atoms with Gasteiger partial charge in [-0.05, 0) is 25.1 Å². The number of H-pyrrole nitrogens is 1. The van der Waals surface area contributed by atoms with Crippen LogP contribution in [0.2, 0.25) is 0 Å². The van der Waals surface area contributed by atoms with Crippen molar-refractivity contribution in [3.05, 3.63) is 22.8 Å². The molecule has 0 aromatic carbocycles. The van der Waals surface area contributed by atoms with E-state index in [1.165, 1.54) is 5.22 Å². The lowest BCUT2D eigenvalue weighted by Gasteiger charge is -1.84. The Morgan fingerprint density at radius 3 is 2.42 bits per heavy atom. The smallest absolute Gasteiger partial charge is 0.0638 e. The van der Waals surface area contributed by atoms with E-state index >= 15 is 0 Å². The molecule has 0 aliphatic rings. The third-order valence-electron chi connectivity index (χ3n) is 1.48. The molecule has 0 aliphatic heterocycles. The molecule has 0 bridgehead atoms. The van der Waals surface area contributed by atoms with E-state index in [1.54, 1.807) is 0 Å². The highest BCUT2D eigenvalue weighted by Gasteiger charge is 1.85. The van der Waals surface area contributed by atoms with E-state index in [4.69, 9.17) is 5.73 Å². The van der Waals surface area contributed by atoms with Crippen LogP contribution in [-0.2, 0) is 0 Å². The zero-order valence-corrected chi connectivity index (χ0v) is 8.31. The van der Waals surface area contributed by atoms with Gasteiger partial charge < -0.3 is 10.7 Å². The summed E-state index contributed by atoms with van der Waals surface area (Å²) in [6.45, 7) is 7.88. The van der Waals surface area contributed by atoms with E-state index in [1.807, 2.05) is 46.0 Å². The molecule has 0 atom stereocenters. The lowest BCUT2D eigenvalue weighted by Crippen LogP contribution is -2.26. The fourth-order valence-electron chi connectivity index (χ4n) is 0.964. The molecule has 1 rings (SSSR count). The van der Waals surface area contributed by atoms with E-state index in [-0.39, 0.29) is 0 Å². The molecule has 12 heavy (non-hydrogen) atoms. The normalized spacial score (nSPS) is 13.5. The predicted octanol–water partition coefficient (Wildman–Crippen LogP) is 0.928. The van der Waals surface area contributed by atoms with Crippen LogP contribution in [0.3, 0.4) is 0 Å². The van der Waals surface area contributed by atoms with Gasteiger partial charge in [-0.3, -0.25) is 0 Å². The summed E-state index contributed by atoms with van der Waals surface area (Å²) >= 11 is 0. The molecule has 0 spiro atoms. The highest BCUT2D eigenvalue weighted by Crippen LogP contribution is 1.70. The Labute approximate surface area is 73.8 Å². The first-order valence-corrected chi connectivity index (χ1v) is 4.32. The van der Waals surface area contributed by atoms with Gasteiger partial charge in [0.2, 0.25) is 0 Å². The second kappa shape index (κ2) is 5.47. The topological polar surface area (TPSA) is 41.8 Å². The monoisotopic (exact) mass is 166 g/mol. The Balaban J connectivity index is 0.000000561. The van der Waals surface area contributed by atoms with E-state index in [2.05, 4.69) is 4.98 Å². The third kappa shape index (κ3) is 2.46. The molecule has 3 N–H and O–H groups in total. The van der Waals surface area contributed by atoms with Gasteiger partial charge in [0.25, 0.3) is 0 Å². The first kappa shape index (κ1) is 10.8. The van der Waals surface area contributed by atoms with Gasteiger partial charge in [0.15, 0.2) is 0 Å². The first-order valence-electron chi connectivity index (χ1n) is 4.32. The fourth-order valence-corrected chi connectivity index (χ4v) is 0.964. The molecule has 0 saturated heterocycles. The minimum absolute atomic E-state index is 0.832. The maximum atomic E-state index is 5.60. The number of hydrogen-bond donors (Lipinski definition) is 2. The Morgan fingerprint density at radius 2 is 2.08 bits per heavy atom. The van der Waals surface area contributed by atoms with Gasteiger partial charge in [0, 0.05) is 11.9 Å². The number of aromatic amines is 1. The average Bonchev–Trinajstić information content (AvgIpc) is 2.55. The summed E-state index contributed by atoms with van der Waals surface area (Å²) < 4.78 is 0. The Hall–Kier alpha value is -1.18. The van der Waals surface area contributed by atoms with Crippen molar-refractivity contribution in [2.24, 2.45) is 5.73 Å². The minimum Gasteiger partial charge on any atom is -0.401 e. The highest BCUT2D eigenvalue weighted by molar-refractivity contribution is 5.36. The molecular formula is C10H18N2. The summed E-state index contributed by atoms with van der Waals surface area (Å²) in [7, 11) is 0. The van der Waals surface area contributed by atoms with Crippen LogP contribution < -0.4 is 16.3 Å². The van der Waals surface area contributed by atoms with Crippen LogP contribution in [0.15, 0.2) is 12.3 Å². The van der Waals surface area contributed by atoms with E-state index in [0.717, 1.165) is 11.0 Å². The molecule has 0 unspecified atom stereocenters. The van der Waals surface area contributed by atoms with Crippen LogP contribution in [0.25, 0.3) is 11.8 Å². The third-order valence-corrected chi connectivity index (χ3v) is 1.48. The molecule has 1 heterocycles. The summed E-state index contributed by atoms with van der Waals surface area (Å²) in [5.74, 6) is 0. The molecule has 68 valence electrons. The van der Waals surface area contributed by atoms with Gasteiger partial charge in [-0.15, -0.1) is 0 Å². The lowest BCUT2D eigenvalue weighted by atomic mass is 10.3.